The van der Waals surface area contributed by atoms with E-state index in [9.17, 15) is 9.59 Å². The van der Waals surface area contributed by atoms with Gasteiger partial charge in [-0.3, -0.25) is 4.79 Å². The number of halogens is 1. The van der Waals surface area contributed by atoms with Gasteiger partial charge < -0.3 is 9.47 Å². The molecule has 0 N–H and O–H groups in total. The number of ether oxygens (including phenoxy) is 2. The molecule has 2 aromatic carbocycles. The summed E-state index contributed by atoms with van der Waals surface area (Å²) in [5, 5.41) is 4.63. The Kier molecular flexibility index (Phi) is 5.34. The largest absolute Gasteiger partial charge is 0.482 e. The first-order valence-electron chi connectivity index (χ1n) is 7.74. The molecule has 3 aromatic rings. The van der Waals surface area contributed by atoms with E-state index in [4.69, 9.17) is 21.1 Å². The van der Waals surface area contributed by atoms with Gasteiger partial charge >= 0.3 is 5.97 Å². The lowest BCUT2D eigenvalue weighted by molar-refractivity contribution is 0.0573. The van der Waals surface area contributed by atoms with Crippen LogP contribution in [0.15, 0.2) is 60.7 Å². The summed E-state index contributed by atoms with van der Waals surface area (Å²) in [4.78, 5) is 24.6. The SMILES string of the molecule is COC(=O)c1cc(-c2ccccc2)nn1C(=O)COc1ccccc1Cl. The van der Waals surface area contributed by atoms with Crippen molar-refractivity contribution in [2.75, 3.05) is 13.7 Å². The smallest absolute Gasteiger partial charge is 0.356 e. The summed E-state index contributed by atoms with van der Waals surface area (Å²) < 4.78 is 11.2. The maximum atomic E-state index is 12.5. The van der Waals surface area contributed by atoms with Crippen molar-refractivity contribution in [3.63, 3.8) is 0 Å². The zero-order valence-electron chi connectivity index (χ0n) is 13.9. The van der Waals surface area contributed by atoms with E-state index in [-0.39, 0.29) is 12.3 Å². The van der Waals surface area contributed by atoms with Gasteiger partial charge in [-0.05, 0) is 18.2 Å². The average Bonchev–Trinajstić information content (AvgIpc) is 3.13. The Morgan fingerprint density at radius 3 is 2.46 bits per heavy atom. The Bertz CT molecular complexity index is 938. The van der Waals surface area contributed by atoms with Gasteiger partial charge in [0, 0.05) is 5.56 Å². The van der Waals surface area contributed by atoms with E-state index in [0.29, 0.717) is 16.5 Å². The monoisotopic (exact) mass is 370 g/mol. The van der Waals surface area contributed by atoms with Gasteiger partial charge in [-0.15, -0.1) is 0 Å². The van der Waals surface area contributed by atoms with Crippen LogP contribution < -0.4 is 4.74 Å². The molecule has 0 aliphatic carbocycles. The van der Waals surface area contributed by atoms with Crippen LogP contribution in [0.2, 0.25) is 5.02 Å². The first kappa shape index (κ1) is 17.7. The fourth-order valence-electron chi connectivity index (χ4n) is 2.33. The third-order valence-electron chi connectivity index (χ3n) is 3.60. The Morgan fingerprint density at radius 2 is 1.77 bits per heavy atom. The molecule has 6 nitrogen and oxygen atoms in total. The van der Waals surface area contributed by atoms with Crippen LogP contribution in [0, 0.1) is 0 Å². The second-order valence-electron chi connectivity index (χ2n) is 5.30. The number of aromatic nitrogens is 2. The molecule has 0 spiro atoms. The number of nitrogens with zero attached hydrogens (tertiary/aromatic N) is 2. The van der Waals surface area contributed by atoms with Gasteiger partial charge in [0.05, 0.1) is 17.8 Å². The van der Waals surface area contributed by atoms with E-state index in [2.05, 4.69) is 5.10 Å². The zero-order valence-corrected chi connectivity index (χ0v) is 14.6. The van der Waals surface area contributed by atoms with Gasteiger partial charge in [-0.1, -0.05) is 54.1 Å². The van der Waals surface area contributed by atoms with Crippen LogP contribution in [0.25, 0.3) is 11.3 Å². The van der Waals surface area contributed by atoms with Crippen LogP contribution in [0.5, 0.6) is 5.75 Å². The number of hydrogen-bond donors (Lipinski definition) is 0. The lowest BCUT2D eigenvalue weighted by Gasteiger charge is -2.08. The molecule has 0 atom stereocenters. The summed E-state index contributed by atoms with van der Waals surface area (Å²) in [5.74, 6) is -0.809. The van der Waals surface area contributed by atoms with Crippen molar-refractivity contribution < 1.29 is 19.1 Å². The maximum absolute atomic E-state index is 12.5. The third-order valence-corrected chi connectivity index (χ3v) is 3.91. The number of carbonyl (C=O) groups excluding carboxylic acids is 2. The number of rotatable bonds is 5. The first-order chi connectivity index (χ1) is 12.6. The van der Waals surface area contributed by atoms with Crippen LogP contribution in [0.4, 0.5) is 0 Å². The van der Waals surface area contributed by atoms with Crippen LogP contribution in [0.1, 0.15) is 15.3 Å². The highest BCUT2D eigenvalue weighted by atomic mass is 35.5. The molecule has 26 heavy (non-hydrogen) atoms. The number of methoxy groups -OCH3 is 1. The molecule has 0 saturated heterocycles. The second-order valence-corrected chi connectivity index (χ2v) is 5.70. The predicted molar refractivity (Wildman–Crippen MR) is 96.6 cm³/mol. The Hall–Kier alpha value is -3.12. The first-order valence-corrected chi connectivity index (χ1v) is 8.12. The molecule has 132 valence electrons. The maximum Gasteiger partial charge on any atom is 0.356 e. The van der Waals surface area contributed by atoms with Crippen molar-refractivity contribution in [1.82, 2.24) is 9.78 Å². The topological polar surface area (TPSA) is 70.4 Å². The van der Waals surface area contributed by atoms with Crippen molar-refractivity contribution in [3.05, 3.63) is 71.4 Å². The highest BCUT2D eigenvalue weighted by molar-refractivity contribution is 6.32. The van der Waals surface area contributed by atoms with Crippen molar-refractivity contribution in [3.8, 4) is 17.0 Å². The van der Waals surface area contributed by atoms with Gasteiger partial charge in [0.15, 0.2) is 12.3 Å². The summed E-state index contributed by atoms with van der Waals surface area (Å²) in [6, 6.07) is 17.5. The molecular formula is C19H15ClN2O4. The van der Waals surface area contributed by atoms with Gasteiger partial charge in [-0.2, -0.15) is 9.78 Å². The Morgan fingerprint density at radius 1 is 1.08 bits per heavy atom. The lowest BCUT2D eigenvalue weighted by atomic mass is 10.1. The van der Waals surface area contributed by atoms with E-state index in [1.165, 1.54) is 13.2 Å². The quantitative estimate of drug-likeness (QED) is 0.640. The normalized spacial score (nSPS) is 10.4. The van der Waals surface area contributed by atoms with Crippen LogP contribution >= 0.6 is 11.6 Å². The van der Waals surface area contributed by atoms with Crippen molar-refractivity contribution >= 4 is 23.5 Å². The number of carbonyl (C=O) groups is 2. The highest BCUT2D eigenvalue weighted by Crippen LogP contribution is 2.23. The molecule has 0 bridgehead atoms. The minimum Gasteiger partial charge on any atom is -0.482 e. The van der Waals surface area contributed by atoms with E-state index >= 15 is 0 Å². The average molecular weight is 371 g/mol. The van der Waals surface area contributed by atoms with E-state index in [1.54, 1.807) is 24.3 Å². The molecule has 7 heteroatoms. The molecule has 1 aromatic heterocycles. The van der Waals surface area contributed by atoms with E-state index in [1.807, 2.05) is 30.3 Å². The molecule has 0 amide bonds. The van der Waals surface area contributed by atoms with Gasteiger partial charge in [-0.25, -0.2) is 4.79 Å². The minimum absolute atomic E-state index is 0.0270. The second kappa shape index (κ2) is 7.84. The predicted octanol–water partition coefficient (Wildman–Crippen LogP) is 3.71. The minimum atomic E-state index is -0.661. The van der Waals surface area contributed by atoms with Crippen molar-refractivity contribution in [1.29, 1.82) is 0 Å². The van der Waals surface area contributed by atoms with Crippen LogP contribution in [-0.2, 0) is 4.74 Å². The van der Waals surface area contributed by atoms with Gasteiger partial charge in [0.1, 0.15) is 5.75 Å². The molecule has 0 radical (unpaired) electrons. The fourth-order valence-corrected chi connectivity index (χ4v) is 2.52. The van der Waals surface area contributed by atoms with Gasteiger partial charge in [0.25, 0.3) is 5.91 Å². The van der Waals surface area contributed by atoms with E-state index < -0.39 is 11.9 Å². The van der Waals surface area contributed by atoms with Crippen LogP contribution in [-0.4, -0.2) is 35.4 Å². The zero-order chi connectivity index (χ0) is 18.5. The van der Waals surface area contributed by atoms with Crippen molar-refractivity contribution in [2.45, 2.75) is 0 Å². The van der Waals surface area contributed by atoms with Crippen LogP contribution in [0.3, 0.4) is 0 Å². The third kappa shape index (κ3) is 3.75. The Balaban J connectivity index is 1.87. The lowest BCUT2D eigenvalue weighted by Crippen LogP contribution is -2.24. The summed E-state index contributed by atoms with van der Waals surface area (Å²) in [6.45, 7) is -0.330. The van der Waals surface area contributed by atoms with E-state index in [0.717, 1.165) is 10.2 Å². The fraction of sp³-hybridized carbons (Fsp3) is 0.105. The Labute approximate surface area is 154 Å². The standard InChI is InChI=1S/C19H15ClN2O4/c1-25-19(24)16-11-15(13-7-3-2-4-8-13)21-22(16)18(23)12-26-17-10-6-5-9-14(17)20/h2-11H,12H2,1H3. The molecular weight excluding hydrogens is 356 g/mol. The number of para-hydroxylation sites is 1. The molecule has 0 unspecified atom stereocenters. The molecule has 0 saturated carbocycles. The highest BCUT2D eigenvalue weighted by Gasteiger charge is 2.22. The summed E-state index contributed by atoms with van der Waals surface area (Å²) in [7, 11) is 1.24. The number of benzene rings is 2. The van der Waals surface area contributed by atoms with Crippen molar-refractivity contribution in [2.24, 2.45) is 0 Å². The number of hydrogen-bond acceptors (Lipinski definition) is 5. The summed E-state index contributed by atoms with van der Waals surface area (Å²) >= 11 is 6.01. The molecule has 0 aliphatic heterocycles. The molecule has 0 fully saturated rings. The molecule has 1 heterocycles. The van der Waals surface area contributed by atoms with Gasteiger partial charge in [0.2, 0.25) is 0 Å². The molecule has 0 aliphatic rings. The molecule has 3 rings (SSSR count). The number of esters is 1. The summed E-state index contributed by atoms with van der Waals surface area (Å²) in [6.07, 6.45) is 0. The summed E-state index contributed by atoms with van der Waals surface area (Å²) in [5.41, 5.74) is 1.28.